The molecule has 1 amide bonds. The zero-order valence-electron chi connectivity index (χ0n) is 18.2. The molecule has 1 heterocycles. The molecule has 33 heavy (non-hydrogen) atoms. The van der Waals surface area contributed by atoms with Gasteiger partial charge >= 0.3 is 11.7 Å². The number of hydrogen-bond donors (Lipinski definition) is 2. The molecule has 4 rings (SSSR count). The van der Waals surface area contributed by atoms with Crippen molar-refractivity contribution in [2.75, 3.05) is 12.0 Å². The second-order valence-electron chi connectivity index (χ2n) is 7.88. The number of rotatable bonds is 5. The summed E-state index contributed by atoms with van der Waals surface area (Å²) in [6.07, 6.45) is 1.51. The van der Waals surface area contributed by atoms with E-state index < -0.39 is 23.8 Å². The number of carbonyl (C=O) groups is 1. The van der Waals surface area contributed by atoms with E-state index >= 15 is 0 Å². The molecular weight excluding hydrogens is 433 g/mol. The number of carbonyl (C=O) groups excluding carboxylic acids is 1. The quantitative estimate of drug-likeness (QED) is 0.445. The minimum Gasteiger partial charge on any atom is -0.494 e. The van der Waals surface area contributed by atoms with Gasteiger partial charge in [0, 0.05) is 17.3 Å². The van der Waals surface area contributed by atoms with E-state index in [1.807, 2.05) is 0 Å². The largest absolute Gasteiger partial charge is 0.494 e. The van der Waals surface area contributed by atoms with Crippen LogP contribution in [0.25, 0.3) is 5.69 Å². The van der Waals surface area contributed by atoms with Crippen molar-refractivity contribution in [1.82, 2.24) is 19.8 Å². The number of ether oxygens (including phenoxy) is 1. The van der Waals surface area contributed by atoms with Gasteiger partial charge in [-0.2, -0.15) is 4.68 Å². The third-order valence-corrected chi connectivity index (χ3v) is 5.86. The number of aliphatic hydroxyl groups is 2. The van der Waals surface area contributed by atoms with Crippen LogP contribution in [0.4, 0.5) is 14.9 Å². The lowest BCUT2D eigenvalue weighted by Gasteiger charge is -2.29. The Morgan fingerprint density at radius 1 is 1.21 bits per heavy atom. The molecule has 0 radical (unpaired) electrons. The van der Waals surface area contributed by atoms with Crippen LogP contribution in [0.5, 0.6) is 5.75 Å². The molecule has 1 aromatic heterocycles. The van der Waals surface area contributed by atoms with Crippen LogP contribution in [-0.4, -0.2) is 49.2 Å². The summed E-state index contributed by atoms with van der Waals surface area (Å²) in [4.78, 5) is 28.0. The molecule has 10 nitrogen and oxygen atoms in total. The lowest BCUT2D eigenvalue weighted by Crippen LogP contribution is -2.46. The number of aliphatic hydroxyl groups excluding tert-OH is 1. The SMILES string of the molecule is COc1cccc(F)c1-n1nnn(C(=O)N(c2ccc(C)c(C(O)O)c2)C2CCCC2)c1=O. The summed E-state index contributed by atoms with van der Waals surface area (Å²) in [5.74, 6) is -0.701. The summed E-state index contributed by atoms with van der Waals surface area (Å²) < 4.78 is 20.9. The summed E-state index contributed by atoms with van der Waals surface area (Å²) in [5, 5.41) is 26.8. The molecule has 1 aliphatic carbocycles. The molecule has 0 saturated heterocycles. The smallest absolute Gasteiger partial charge is 0.377 e. The van der Waals surface area contributed by atoms with Gasteiger partial charge in [0.05, 0.1) is 7.11 Å². The Kier molecular flexibility index (Phi) is 6.25. The first kappa shape index (κ1) is 22.6. The highest BCUT2D eigenvalue weighted by atomic mass is 19.1. The minimum atomic E-state index is -1.72. The van der Waals surface area contributed by atoms with Crippen LogP contribution in [0.3, 0.4) is 0 Å². The fourth-order valence-corrected chi connectivity index (χ4v) is 4.17. The Morgan fingerprint density at radius 2 is 1.94 bits per heavy atom. The van der Waals surface area contributed by atoms with Crippen LogP contribution in [0, 0.1) is 12.7 Å². The number of nitrogens with zero attached hydrogens (tertiary/aromatic N) is 5. The molecule has 0 unspecified atom stereocenters. The van der Waals surface area contributed by atoms with Crippen LogP contribution in [0.2, 0.25) is 0 Å². The van der Waals surface area contributed by atoms with Gasteiger partial charge in [-0.15, -0.1) is 4.68 Å². The first-order chi connectivity index (χ1) is 15.8. The number of benzene rings is 2. The van der Waals surface area contributed by atoms with Crippen molar-refractivity contribution in [1.29, 1.82) is 0 Å². The number of methoxy groups -OCH3 is 1. The maximum atomic E-state index is 14.5. The van der Waals surface area contributed by atoms with Gasteiger partial charge in [0.25, 0.3) is 0 Å². The lowest BCUT2D eigenvalue weighted by molar-refractivity contribution is -0.0429. The van der Waals surface area contributed by atoms with Gasteiger partial charge in [0.15, 0.2) is 12.1 Å². The molecule has 3 aromatic rings. The summed E-state index contributed by atoms with van der Waals surface area (Å²) in [5.41, 5.74) is 0.0710. The van der Waals surface area contributed by atoms with Gasteiger partial charge < -0.3 is 14.9 Å². The van der Waals surface area contributed by atoms with Gasteiger partial charge in [0.2, 0.25) is 0 Å². The van der Waals surface area contributed by atoms with Crippen LogP contribution in [-0.2, 0) is 0 Å². The highest BCUT2D eigenvalue weighted by Gasteiger charge is 2.32. The molecule has 1 saturated carbocycles. The summed E-state index contributed by atoms with van der Waals surface area (Å²) in [6.45, 7) is 1.72. The number of halogens is 1. The van der Waals surface area contributed by atoms with Crippen molar-refractivity contribution < 1.29 is 24.1 Å². The van der Waals surface area contributed by atoms with E-state index in [9.17, 15) is 24.2 Å². The van der Waals surface area contributed by atoms with Crippen molar-refractivity contribution in [2.24, 2.45) is 0 Å². The van der Waals surface area contributed by atoms with E-state index in [1.165, 1.54) is 30.2 Å². The van der Waals surface area contributed by atoms with E-state index in [-0.39, 0.29) is 23.0 Å². The first-order valence-corrected chi connectivity index (χ1v) is 10.5. The molecule has 0 spiro atoms. The number of amides is 1. The van der Waals surface area contributed by atoms with Gasteiger partial charge in [-0.1, -0.05) is 25.0 Å². The third-order valence-electron chi connectivity index (χ3n) is 5.86. The van der Waals surface area contributed by atoms with Gasteiger partial charge in [-0.25, -0.2) is 14.0 Å². The molecule has 0 aliphatic heterocycles. The Hall–Kier alpha value is -3.57. The molecule has 0 atom stereocenters. The fourth-order valence-electron chi connectivity index (χ4n) is 4.17. The minimum absolute atomic E-state index is 0.0596. The molecule has 0 bridgehead atoms. The third kappa shape index (κ3) is 4.12. The van der Waals surface area contributed by atoms with Crippen LogP contribution in [0.1, 0.15) is 43.1 Å². The number of hydrogen-bond acceptors (Lipinski definition) is 7. The average Bonchev–Trinajstić information content (AvgIpc) is 3.44. The van der Waals surface area contributed by atoms with E-state index in [0.717, 1.165) is 18.9 Å². The Morgan fingerprint density at radius 3 is 2.61 bits per heavy atom. The summed E-state index contributed by atoms with van der Waals surface area (Å²) in [7, 11) is 1.32. The van der Waals surface area contributed by atoms with E-state index in [0.29, 0.717) is 33.5 Å². The normalized spacial score (nSPS) is 14.1. The topological polar surface area (TPSA) is 123 Å². The molecule has 1 fully saturated rings. The maximum absolute atomic E-state index is 14.5. The van der Waals surface area contributed by atoms with Gasteiger partial charge in [0.1, 0.15) is 11.4 Å². The van der Waals surface area contributed by atoms with Crippen molar-refractivity contribution in [3.8, 4) is 11.4 Å². The first-order valence-electron chi connectivity index (χ1n) is 10.5. The Labute approximate surface area is 188 Å². The van der Waals surface area contributed by atoms with Gasteiger partial charge in [-0.3, -0.25) is 4.90 Å². The van der Waals surface area contributed by atoms with Crippen LogP contribution < -0.4 is 15.3 Å². The number of aryl methyl sites for hydroxylation is 1. The van der Waals surface area contributed by atoms with Crippen LogP contribution in [0.15, 0.2) is 41.2 Å². The molecule has 174 valence electrons. The van der Waals surface area contributed by atoms with Crippen molar-refractivity contribution >= 4 is 11.7 Å². The number of anilines is 1. The molecule has 1 aliphatic rings. The summed E-state index contributed by atoms with van der Waals surface area (Å²) >= 11 is 0. The van der Waals surface area contributed by atoms with E-state index in [2.05, 4.69) is 10.4 Å². The van der Waals surface area contributed by atoms with Crippen molar-refractivity contribution in [3.63, 3.8) is 0 Å². The average molecular weight is 457 g/mol. The highest BCUT2D eigenvalue weighted by Crippen LogP contribution is 2.31. The molecule has 2 aromatic carbocycles. The predicted molar refractivity (Wildman–Crippen MR) is 116 cm³/mol. The zero-order chi connectivity index (χ0) is 23.7. The molecule has 11 heteroatoms. The number of para-hydroxylation sites is 1. The second kappa shape index (κ2) is 9.12. The van der Waals surface area contributed by atoms with E-state index in [4.69, 9.17) is 4.74 Å². The Balaban J connectivity index is 1.80. The Bertz CT molecular complexity index is 1230. The fraction of sp³-hybridized carbons (Fsp3) is 0.364. The molecular formula is C22H24FN5O5. The molecule has 2 N–H and O–H groups in total. The van der Waals surface area contributed by atoms with Crippen molar-refractivity contribution in [3.05, 3.63) is 63.8 Å². The predicted octanol–water partition coefficient (Wildman–Crippen LogP) is 2.29. The number of tetrazole rings is 1. The monoisotopic (exact) mass is 457 g/mol. The summed E-state index contributed by atoms with van der Waals surface area (Å²) in [6, 6.07) is 7.89. The standard InChI is InChI=1S/C22H24FN5O5/c1-13-10-11-15(12-16(13)20(29)30)26(14-6-3-4-7-14)21(31)28-22(32)27(24-25-28)19-17(23)8-5-9-18(19)33-2/h5,8-12,14,20,29-30H,3-4,6-7H2,1-2H3. The lowest BCUT2D eigenvalue weighted by atomic mass is 10.1. The van der Waals surface area contributed by atoms with Gasteiger partial charge in [-0.05, 0) is 60.0 Å². The van der Waals surface area contributed by atoms with Crippen molar-refractivity contribution in [2.45, 2.75) is 44.9 Å². The van der Waals surface area contributed by atoms with E-state index in [1.54, 1.807) is 19.1 Å². The highest BCUT2D eigenvalue weighted by molar-refractivity contribution is 5.93. The zero-order valence-corrected chi connectivity index (χ0v) is 18.2. The van der Waals surface area contributed by atoms with Crippen LogP contribution >= 0.6 is 0 Å². The second-order valence-corrected chi connectivity index (χ2v) is 7.88. The maximum Gasteiger partial charge on any atom is 0.377 e. The number of aromatic nitrogens is 4.